The number of rotatable bonds is 6. The lowest BCUT2D eigenvalue weighted by atomic mass is 10.4. The molecule has 1 aromatic rings. The van der Waals surface area contributed by atoms with Crippen molar-refractivity contribution >= 4 is 21.4 Å². The minimum atomic E-state index is -3.82. The Balaban J connectivity index is 2.71. The zero-order valence-corrected chi connectivity index (χ0v) is 10.7. The van der Waals surface area contributed by atoms with Crippen molar-refractivity contribution in [2.45, 2.75) is 5.03 Å². The number of amides is 1. The molecule has 0 aromatic carbocycles. The van der Waals surface area contributed by atoms with E-state index >= 15 is 0 Å². The third kappa shape index (κ3) is 3.97. The van der Waals surface area contributed by atoms with Crippen molar-refractivity contribution in [3.8, 4) is 0 Å². The number of ether oxygens (including phenoxy) is 1. The molecule has 7 nitrogen and oxygen atoms in total. The fraction of sp³-hybridized carbons (Fsp3) is 0.400. The summed E-state index contributed by atoms with van der Waals surface area (Å²) >= 11 is 0. The molecule has 1 amide bonds. The number of hydrogen-bond acceptors (Lipinski definition) is 6. The second-order valence-corrected chi connectivity index (χ2v) is 5.40. The minimum Gasteiger partial charge on any atom is -0.396 e. The first-order valence-corrected chi connectivity index (χ1v) is 6.81. The molecule has 0 atom stereocenters. The highest BCUT2D eigenvalue weighted by atomic mass is 32.2. The maximum atomic E-state index is 11.9. The number of methoxy groups -OCH3 is 1. The quantitative estimate of drug-likeness (QED) is 0.656. The van der Waals surface area contributed by atoms with E-state index in [1.165, 1.54) is 25.4 Å². The summed E-state index contributed by atoms with van der Waals surface area (Å²) in [5, 5.41) is 2.15. The van der Waals surface area contributed by atoms with E-state index in [0.717, 1.165) is 0 Å². The van der Waals surface area contributed by atoms with Gasteiger partial charge in [0.2, 0.25) is 15.7 Å². The summed E-state index contributed by atoms with van der Waals surface area (Å²) in [7, 11) is -2.33. The Morgan fingerprint density at radius 2 is 2.28 bits per heavy atom. The van der Waals surface area contributed by atoms with Crippen molar-refractivity contribution in [2.75, 3.05) is 31.7 Å². The lowest BCUT2D eigenvalue weighted by Gasteiger charge is -2.06. The van der Waals surface area contributed by atoms with Gasteiger partial charge in [-0.05, 0) is 12.1 Å². The summed E-state index contributed by atoms with van der Waals surface area (Å²) < 4.78 is 28.5. The average Bonchev–Trinajstić information content (AvgIpc) is 2.29. The molecule has 0 unspecified atom stereocenters. The van der Waals surface area contributed by atoms with Crippen LogP contribution in [0.5, 0.6) is 0 Å². The van der Waals surface area contributed by atoms with E-state index < -0.39 is 21.5 Å². The average molecular weight is 273 g/mol. The van der Waals surface area contributed by atoms with E-state index in [1.54, 1.807) is 0 Å². The number of nitrogens with two attached hydrogens (primary N) is 1. The summed E-state index contributed by atoms with van der Waals surface area (Å²) in [6, 6.07) is 2.94. The standard InChI is InChI=1S/C10H15N3O4S/c1-17-6-5-12-9(14)7-18(15,16)10-8(11)3-2-4-13-10/h2-4H,5-7,11H2,1H3,(H,12,14). The van der Waals surface area contributed by atoms with Crippen LogP contribution in [0.25, 0.3) is 0 Å². The van der Waals surface area contributed by atoms with Crippen LogP contribution >= 0.6 is 0 Å². The highest BCUT2D eigenvalue weighted by Gasteiger charge is 2.22. The minimum absolute atomic E-state index is 0.0298. The molecule has 1 aromatic heterocycles. The van der Waals surface area contributed by atoms with Crippen LogP contribution in [0.3, 0.4) is 0 Å². The predicted octanol–water partition coefficient (Wildman–Crippen LogP) is -0.800. The van der Waals surface area contributed by atoms with Gasteiger partial charge in [-0.15, -0.1) is 0 Å². The number of carbonyl (C=O) groups excluding carboxylic acids is 1. The third-order valence-corrected chi connectivity index (χ3v) is 3.62. The molecule has 0 saturated heterocycles. The normalized spacial score (nSPS) is 11.2. The van der Waals surface area contributed by atoms with Gasteiger partial charge in [0, 0.05) is 19.9 Å². The maximum absolute atomic E-state index is 11.9. The van der Waals surface area contributed by atoms with Gasteiger partial charge in [0.1, 0.15) is 5.75 Å². The van der Waals surface area contributed by atoms with Crippen LogP contribution < -0.4 is 11.1 Å². The summed E-state index contributed by atoms with van der Waals surface area (Å²) in [5.74, 6) is -1.30. The number of anilines is 1. The molecule has 3 N–H and O–H groups in total. The van der Waals surface area contributed by atoms with E-state index in [9.17, 15) is 13.2 Å². The lowest BCUT2D eigenvalue weighted by molar-refractivity contribution is -0.118. The van der Waals surface area contributed by atoms with Crippen molar-refractivity contribution in [2.24, 2.45) is 0 Å². The molecule has 8 heteroatoms. The molecule has 0 bridgehead atoms. The van der Waals surface area contributed by atoms with E-state index in [2.05, 4.69) is 10.3 Å². The van der Waals surface area contributed by atoms with Crippen LogP contribution in [0.15, 0.2) is 23.4 Å². The Morgan fingerprint density at radius 3 is 2.89 bits per heavy atom. The summed E-state index contributed by atoms with van der Waals surface area (Å²) in [5.41, 5.74) is 5.54. The van der Waals surface area contributed by atoms with Crippen LogP contribution in [0.2, 0.25) is 0 Å². The molecule has 100 valence electrons. The first kappa shape index (κ1) is 14.4. The highest BCUT2D eigenvalue weighted by Crippen LogP contribution is 2.15. The molecular formula is C10H15N3O4S. The molecule has 0 spiro atoms. The topological polar surface area (TPSA) is 111 Å². The fourth-order valence-corrected chi connectivity index (χ4v) is 2.48. The van der Waals surface area contributed by atoms with E-state index in [4.69, 9.17) is 10.5 Å². The van der Waals surface area contributed by atoms with Crippen LogP contribution in [-0.4, -0.2) is 45.3 Å². The molecule has 1 heterocycles. The summed E-state index contributed by atoms with van der Waals surface area (Å²) in [6.07, 6.45) is 1.31. The molecule has 1 rings (SSSR count). The van der Waals surface area contributed by atoms with Gasteiger partial charge in [0.25, 0.3) is 0 Å². The summed E-state index contributed by atoms with van der Waals surface area (Å²) in [4.78, 5) is 15.1. The number of nitrogens with one attached hydrogen (secondary N) is 1. The van der Waals surface area contributed by atoms with Gasteiger partial charge in [-0.3, -0.25) is 4.79 Å². The van der Waals surface area contributed by atoms with Crippen molar-refractivity contribution < 1.29 is 17.9 Å². The van der Waals surface area contributed by atoms with Gasteiger partial charge < -0.3 is 15.8 Å². The summed E-state index contributed by atoms with van der Waals surface area (Å²) in [6.45, 7) is 0.570. The van der Waals surface area contributed by atoms with E-state index in [1.807, 2.05) is 0 Å². The Hall–Kier alpha value is -1.67. The SMILES string of the molecule is COCCNC(=O)CS(=O)(=O)c1ncccc1N. The smallest absolute Gasteiger partial charge is 0.235 e. The van der Waals surface area contributed by atoms with Gasteiger partial charge in [0.15, 0.2) is 5.03 Å². The molecule has 0 saturated carbocycles. The van der Waals surface area contributed by atoms with Crippen molar-refractivity contribution in [1.82, 2.24) is 10.3 Å². The Bertz CT molecular complexity index is 516. The van der Waals surface area contributed by atoms with Crippen LogP contribution in [-0.2, 0) is 19.4 Å². The van der Waals surface area contributed by atoms with Crippen molar-refractivity contribution in [3.63, 3.8) is 0 Å². The fourth-order valence-electron chi connectivity index (χ4n) is 1.25. The molecule has 0 fully saturated rings. The van der Waals surface area contributed by atoms with E-state index in [-0.39, 0.29) is 17.3 Å². The number of aromatic nitrogens is 1. The van der Waals surface area contributed by atoms with E-state index in [0.29, 0.717) is 6.61 Å². The van der Waals surface area contributed by atoms with Crippen LogP contribution in [0.4, 0.5) is 5.69 Å². The first-order valence-electron chi connectivity index (χ1n) is 5.16. The van der Waals surface area contributed by atoms with Gasteiger partial charge in [-0.25, -0.2) is 13.4 Å². The maximum Gasteiger partial charge on any atom is 0.235 e. The Labute approximate surface area is 105 Å². The number of nitrogens with zero attached hydrogens (tertiary/aromatic N) is 1. The predicted molar refractivity (Wildman–Crippen MR) is 65.6 cm³/mol. The third-order valence-electron chi connectivity index (χ3n) is 2.04. The van der Waals surface area contributed by atoms with Crippen molar-refractivity contribution in [1.29, 1.82) is 0 Å². The Kier molecular flexibility index (Phi) is 5.05. The number of pyridine rings is 1. The van der Waals surface area contributed by atoms with Gasteiger partial charge >= 0.3 is 0 Å². The number of hydrogen-bond donors (Lipinski definition) is 2. The lowest BCUT2D eigenvalue weighted by Crippen LogP contribution is -2.33. The second kappa shape index (κ2) is 6.31. The van der Waals surface area contributed by atoms with Gasteiger partial charge in [-0.1, -0.05) is 0 Å². The molecule has 0 radical (unpaired) electrons. The number of carbonyl (C=O) groups is 1. The Morgan fingerprint density at radius 1 is 1.56 bits per heavy atom. The zero-order chi connectivity index (χ0) is 13.6. The monoisotopic (exact) mass is 273 g/mol. The molecule has 0 aliphatic carbocycles. The number of nitrogen functional groups attached to an aromatic ring is 1. The molecular weight excluding hydrogens is 258 g/mol. The zero-order valence-electron chi connectivity index (χ0n) is 9.92. The largest absolute Gasteiger partial charge is 0.396 e. The second-order valence-electron chi connectivity index (χ2n) is 3.50. The molecule has 18 heavy (non-hydrogen) atoms. The molecule has 0 aliphatic heterocycles. The molecule has 0 aliphatic rings. The van der Waals surface area contributed by atoms with Crippen molar-refractivity contribution in [3.05, 3.63) is 18.3 Å². The number of sulfone groups is 1. The van der Waals surface area contributed by atoms with Gasteiger partial charge in [-0.2, -0.15) is 0 Å². The first-order chi connectivity index (χ1) is 8.47. The van der Waals surface area contributed by atoms with Crippen LogP contribution in [0, 0.1) is 0 Å². The highest BCUT2D eigenvalue weighted by molar-refractivity contribution is 7.92. The van der Waals surface area contributed by atoms with Crippen LogP contribution in [0.1, 0.15) is 0 Å². The van der Waals surface area contributed by atoms with Gasteiger partial charge in [0.05, 0.1) is 12.3 Å².